The summed E-state index contributed by atoms with van der Waals surface area (Å²) in [6.45, 7) is 5.14. The molecule has 7 heteroatoms. The minimum absolute atomic E-state index is 0.203. The molecule has 0 fully saturated rings. The van der Waals surface area contributed by atoms with E-state index >= 15 is 0 Å². The monoisotopic (exact) mass is 288 g/mol. The molecule has 1 amide bonds. The Kier molecular flexibility index (Phi) is 3.31. The third-order valence-electron chi connectivity index (χ3n) is 2.79. The third-order valence-corrected chi connectivity index (χ3v) is 2.79. The molecule has 0 saturated heterocycles. The van der Waals surface area contributed by atoms with E-state index in [9.17, 15) is 18.0 Å². The number of fused-ring (bicyclic) bond motifs is 1. The van der Waals surface area contributed by atoms with Gasteiger partial charge >= 0.3 is 6.18 Å². The normalized spacial score (nSPS) is 17.2. The first-order valence-electron chi connectivity index (χ1n) is 6.03. The summed E-state index contributed by atoms with van der Waals surface area (Å²) < 4.78 is 43.9. The maximum atomic E-state index is 12.8. The zero-order chi connectivity index (χ0) is 15.1. The quantitative estimate of drug-likeness (QED) is 0.864. The van der Waals surface area contributed by atoms with Crippen LogP contribution < -0.4 is 15.2 Å². The first-order valence-corrected chi connectivity index (χ1v) is 6.03. The molecule has 0 spiro atoms. The fourth-order valence-electron chi connectivity index (χ4n) is 2.08. The number of rotatable bonds is 1. The molecule has 0 aromatic heterocycles. The predicted molar refractivity (Wildman–Crippen MR) is 67.3 cm³/mol. The van der Waals surface area contributed by atoms with Crippen molar-refractivity contribution in [3.8, 4) is 5.75 Å². The largest absolute Gasteiger partial charge is 0.484 e. The highest BCUT2D eigenvalue weighted by atomic mass is 19.4. The van der Waals surface area contributed by atoms with Gasteiger partial charge in [-0.15, -0.1) is 0 Å². The average molecular weight is 288 g/mol. The minimum atomic E-state index is -4.44. The van der Waals surface area contributed by atoms with Gasteiger partial charge in [-0.2, -0.15) is 13.2 Å². The fraction of sp³-hybridized carbons (Fsp3) is 0.462. The second-order valence-corrected chi connectivity index (χ2v) is 5.30. The summed E-state index contributed by atoms with van der Waals surface area (Å²) in [5.41, 5.74) is 1.32. The first-order chi connectivity index (χ1) is 9.08. The Morgan fingerprint density at radius 1 is 1.40 bits per heavy atom. The number of nitrogens with zero attached hydrogens (tertiary/aromatic N) is 1. The molecular weight excluding hydrogens is 273 g/mol. The summed E-state index contributed by atoms with van der Waals surface area (Å²) in [5.74, 6) is -0.0472. The fourth-order valence-corrected chi connectivity index (χ4v) is 2.08. The van der Waals surface area contributed by atoms with Gasteiger partial charge in [0.1, 0.15) is 17.0 Å². The lowest BCUT2D eigenvalue weighted by Crippen LogP contribution is -2.53. The molecule has 1 aromatic carbocycles. The Hall–Kier alpha value is -1.92. The number of hydrogen-bond acceptors (Lipinski definition) is 3. The molecule has 1 N–H and O–H groups in total. The van der Waals surface area contributed by atoms with Crippen LogP contribution in [0.15, 0.2) is 18.2 Å². The Morgan fingerprint density at radius 2 is 2.05 bits per heavy atom. The van der Waals surface area contributed by atoms with E-state index in [4.69, 9.17) is 4.74 Å². The summed E-state index contributed by atoms with van der Waals surface area (Å²) >= 11 is 0. The number of carbonyl (C=O) groups is 1. The number of alkyl halides is 3. The summed E-state index contributed by atoms with van der Waals surface area (Å²) in [7, 11) is 0. The molecule has 2 rings (SSSR count). The second kappa shape index (κ2) is 4.57. The zero-order valence-electron chi connectivity index (χ0n) is 11.3. The molecule has 110 valence electrons. The van der Waals surface area contributed by atoms with E-state index in [2.05, 4.69) is 5.43 Å². The molecule has 0 saturated carbocycles. The van der Waals surface area contributed by atoms with Crippen molar-refractivity contribution in [2.24, 2.45) is 0 Å². The van der Waals surface area contributed by atoms with Gasteiger partial charge in [0, 0.05) is 6.92 Å². The lowest BCUT2D eigenvalue weighted by molar-refractivity contribution is -0.137. The molecule has 1 aliphatic rings. The van der Waals surface area contributed by atoms with Crippen molar-refractivity contribution in [3.05, 3.63) is 23.8 Å². The van der Waals surface area contributed by atoms with Gasteiger partial charge in [-0.25, -0.2) is 0 Å². The molecule has 4 nitrogen and oxygen atoms in total. The van der Waals surface area contributed by atoms with Gasteiger partial charge in [-0.1, -0.05) is 0 Å². The van der Waals surface area contributed by atoms with Gasteiger partial charge in [-0.05, 0) is 32.0 Å². The van der Waals surface area contributed by atoms with Crippen molar-refractivity contribution in [1.82, 2.24) is 5.43 Å². The molecule has 1 aliphatic heterocycles. The van der Waals surface area contributed by atoms with Crippen LogP contribution in [0.4, 0.5) is 18.9 Å². The van der Waals surface area contributed by atoms with E-state index in [-0.39, 0.29) is 18.1 Å². The van der Waals surface area contributed by atoms with Crippen LogP contribution in [0.3, 0.4) is 0 Å². The maximum Gasteiger partial charge on any atom is 0.416 e. The highest BCUT2D eigenvalue weighted by Crippen LogP contribution is 2.40. The summed E-state index contributed by atoms with van der Waals surface area (Å²) in [6.07, 6.45) is -4.44. The Morgan fingerprint density at radius 3 is 2.60 bits per heavy atom. The molecular formula is C13H15F3N2O2. The van der Waals surface area contributed by atoms with Crippen molar-refractivity contribution in [2.75, 3.05) is 11.6 Å². The van der Waals surface area contributed by atoms with Crippen LogP contribution in [0.1, 0.15) is 26.3 Å². The predicted octanol–water partition coefficient (Wildman–Crippen LogP) is 2.73. The van der Waals surface area contributed by atoms with E-state index in [0.29, 0.717) is 5.75 Å². The van der Waals surface area contributed by atoms with Crippen LogP contribution in [0.2, 0.25) is 0 Å². The topological polar surface area (TPSA) is 41.6 Å². The van der Waals surface area contributed by atoms with E-state index < -0.39 is 17.3 Å². The maximum absolute atomic E-state index is 12.8. The van der Waals surface area contributed by atoms with Gasteiger partial charge in [-0.3, -0.25) is 15.2 Å². The Balaban J connectivity index is 2.46. The van der Waals surface area contributed by atoms with Crippen molar-refractivity contribution in [1.29, 1.82) is 0 Å². The number of amides is 1. The zero-order valence-corrected chi connectivity index (χ0v) is 11.3. The number of halogens is 3. The van der Waals surface area contributed by atoms with Crippen LogP contribution in [-0.4, -0.2) is 18.1 Å². The molecule has 1 heterocycles. The van der Waals surface area contributed by atoms with Crippen molar-refractivity contribution >= 4 is 11.6 Å². The van der Waals surface area contributed by atoms with Crippen LogP contribution in [0, 0.1) is 0 Å². The Bertz CT molecular complexity index is 541. The minimum Gasteiger partial charge on any atom is -0.484 e. The molecule has 1 aromatic rings. The molecule has 0 bridgehead atoms. The van der Waals surface area contributed by atoms with Gasteiger partial charge in [0.15, 0.2) is 0 Å². The number of nitrogens with one attached hydrogen (secondary N) is 1. The van der Waals surface area contributed by atoms with Crippen molar-refractivity contribution in [2.45, 2.75) is 32.5 Å². The van der Waals surface area contributed by atoms with E-state index in [0.717, 1.165) is 12.1 Å². The lowest BCUT2D eigenvalue weighted by Gasteiger charge is -2.40. The average Bonchev–Trinajstić information content (AvgIpc) is 2.24. The number of benzene rings is 1. The van der Waals surface area contributed by atoms with Crippen molar-refractivity contribution < 1.29 is 22.7 Å². The molecule has 0 aliphatic carbocycles. The number of ether oxygens (including phenoxy) is 1. The van der Waals surface area contributed by atoms with Gasteiger partial charge in [0.2, 0.25) is 5.91 Å². The molecule has 20 heavy (non-hydrogen) atoms. The lowest BCUT2D eigenvalue weighted by atomic mass is 10.1. The SMILES string of the molecule is CC(=O)NN1CC(C)(C)Oc2ccc(C(F)(F)F)cc21. The summed E-state index contributed by atoms with van der Waals surface area (Å²) in [5, 5.41) is 1.39. The van der Waals surface area contributed by atoms with E-state index in [1.54, 1.807) is 13.8 Å². The van der Waals surface area contributed by atoms with E-state index in [1.807, 2.05) is 0 Å². The van der Waals surface area contributed by atoms with Crippen LogP contribution in [0.25, 0.3) is 0 Å². The smallest absolute Gasteiger partial charge is 0.416 e. The molecule has 0 unspecified atom stereocenters. The number of hydrogen-bond donors (Lipinski definition) is 1. The van der Waals surface area contributed by atoms with E-state index in [1.165, 1.54) is 18.0 Å². The van der Waals surface area contributed by atoms with Gasteiger partial charge in [0.05, 0.1) is 12.1 Å². The van der Waals surface area contributed by atoms with Crippen molar-refractivity contribution in [3.63, 3.8) is 0 Å². The molecule has 0 radical (unpaired) electrons. The standard InChI is InChI=1S/C13H15F3N2O2/c1-8(19)17-18-7-12(2,3)20-11-5-4-9(6-10(11)18)13(14,15)16/h4-6H,7H2,1-3H3,(H,17,19). The number of hydrazine groups is 1. The van der Waals surface area contributed by atoms with Gasteiger partial charge in [0.25, 0.3) is 0 Å². The third kappa shape index (κ3) is 2.97. The Labute approximate surface area is 114 Å². The highest BCUT2D eigenvalue weighted by Gasteiger charge is 2.36. The summed E-state index contributed by atoms with van der Waals surface area (Å²) in [6, 6.07) is 3.21. The number of carbonyl (C=O) groups excluding carboxylic acids is 1. The van der Waals surface area contributed by atoms with Gasteiger partial charge < -0.3 is 4.74 Å². The van der Waals surface area contributed by atoms with Crippen LogP contribution in [0.5, 0.6) is 5.75 Å². The molecule has 0 atom stereocenters. The first kappa shape index (κ1) is 14.5. The highest BCUT2D eigenvalue weighted by molar-refractivity contribution is 5.76. The van der Waals surface area contributed by atoms with Crippen LogP contribution >= 0.6 is 0 Å². The van der Waals surface area contributed by atoms with Crippen LogP contribution in [-0.2, 0) is 11.0 Å². The second-order valence-electron chi connectivity index (χ2n) is 5.30. The summed E-state index contributed by atoms with van der Waals surface area (Å²) in [4.78, 5) is 11.2. The number of anilines is 1.